The van der Waals surface area contributed by atoms with Gasteiger partial charge in [0, 0.05) is 29.0 Å². The van der Waals surface area contributed by atoms with Crippen LogP contribution in [-0.2, 0) is 0 Å². The Bertz CT molecular complexity index is 836. The van der Waals surface area contributed by atoms with E-state index in [1.807, 2.05) is 24.4 Å². The van der Waals surface area contributed by atoms with Gasteiger partial charge in [-0.2, -0.15) is 0 Å². The summed E-state index contributed by atoms with van der Waals surface area (Å²) in [6.07, 6.45) is 15.4. The molecule has 0 unspecified atom stereocenters. The first-order valence-corrected chi connectivity index (χ1v) is 10.3. The molecule has 1 saturated carbocycles. The Labute approximate surface area is 166 Å². The number of hydrogen-bond acceptors (Lipinski definition) is 2. The van der Waals surface area contributed by atoms with E-state index >= 15 is 0 Å². The number of allylic oxidation sites excluding steroid dienone is 2. The average molecular weight is 380 g/mol. The molecule has 0 saturated heterocycles. The zero-order valence-corrected chi connectivity index (χ0v) is 16.3. The number of aliphatic imine (C=N–C) groups is 1. The van der Waals surface area contributed by atoms with E-state index in [4.69, 9.17) is 16.6 Å². The highest BCUT2D eigenvalue weighted by molar-refractivity contribution is 6.30. The summed E-state index contributed by atoms with van der Waals surface area (Å²) in [4.78, 5) is 8.15. The van der Waals surface area contributed by atoms with Crippen molar-refractivity contribution in [2.75, 3.05) is 0 Å². The summed E-state index contributed by atoms with van der Waals surface area (Å²) in [5.41, 5.74) is 5.26. The molecule has 0 spiro atoms. The lowest BCUT2D eigenvalue weighted by Crippen LogP contribution is -2.25. The quantitative estimate of drug-likeness (QED) is 0.662. The van der Waals surface area contributed by atoms with E-state index in [1.165, 1.54) is 44.9 Å². The Hall–Kier alpha value is -2.26. The summed E-state index contributed by atoms with van der Waals surface area (Å²) >= 11 is 6.08. The predicted octanol–water partition coefficient (Wildman–Crippen LogP) is 6.10. The normalized spacial score (nSPS) is 20.1. The predicted molar refractivity (Wildman–Crippen MR) is 114 cm³/mol. The second kappa shape index (κ2) is 8.62. The van der Waals surface area contributed by atoms with Crippen molar-refractivity contribution in [3.63, 3.8) is 0 Å². The molecule has 2 aliphatic rings. The van der Waals surface area contributed by atoms with Gasteiger partial charge in [-0.3, -0.25) is 0 Å². The lowest BCUT2D eigenvalue weighted by atomic mass is 9.97. The number of rotatable bonds is 4. The summed E-state index contributed by atoms with van der Waals surface area (Å²) in [7, 11) is 0. The summed E-state index contributed by atoms with van der Waals surface area (Å²) in [6, 6.07) is 12.6. The van der Waals surface area contributed by atoms with Crippen LogP contribution in [0.4, 0.5) is 0 Å². The van der Waals surface area contributed by atoms with Gasteiger partial charge in [0.1, 0.15) is 0 Å². The maximum atomic E-state index is 6.08. The molecule has 0 amide bonds. The third-order valence-electron chi connectivity index (χ3n) is 5.39. The SMILES string of the molecule is Clc1ccc(C2=CC(c3ccc[nH]3)=N/C2=C\NC2CCCCCCC2)cc1. The Balaban J connectivity index is 1.59. The third-order valence-corrected chi connectivity index (χ3v) is 5.64. The number of hydrogen-bond donors (Lipinski definition) is 2. The van der Waals surface area contributed by atoms with Crippen molar-refractivity contribution in [1.29, 1.82) is 0 Å². The van der Waals surface area contributed by atoms with E-state index in [2.05, 4.69) is 40.8 Å². The van der Waals surface area contributed by atoms with E-state index in [1.54, 1.807) is 0 Å². The zero-order valence-electron chi connectivity index (χ0n) is 15.5. The molecule has 2 N–H and O–H groups in total. The smallest absolute Gasteiger partial charge is 0.0879 e. The van der Waals surface area contributed by atoms with Crippen LogP contribution >= 0.6 is 11.6 Å². The molecular formula is C23H26ClN3. The molecule has 4 rings (SSSR count). The molecule has 0 atom stereocenters. The number of benzene rings is 1. The van der Waals surface area contributed by atoms with Crippen LogP contribution in [0.5, 0.6) is 0 Å². The maximum Gasteiger partial charge on any atom is 0.0879 e. The Morgan fingerprint density at radius 1 is 1.00 bits per heavy atom. The topological polar surface area (TPSA) is 40.2 Å². The van der Waals surface area contributed by atoms with Crippen LogP contribution in [0, 0.1) is 0 Å². The molecule has 2 aromatic rings. The zero-order chi connectivity index (χ0) is 18.5. The van der Waals surface area contributed by atoms with Gasteiger partial charge in [-0.15, -0.1) is 0 Å². The molecule has 27 heavy (non-hydrogen) atoms. The number of nitrogens with one attached hydrogen (secondary N) is 2. The van der Waals surface area contributed by atoms with Crippen molar-refractivity contribution in [2.24, 2.45) is 4.99 Å². The van der Waals surface area contributed by atoms with Crippen LogP contribution in [0.2, 0.25) is 5.02 Å². The second-order valence-corrected chi connectivity index (χ2v) is 7.82. The number of nitrogens with zero attached hydrogens (tertiary/aromatic N) is 1. The molecule has 1 aromatic carbocycles. The summed E-state index contributed by atoms with van der Waals surface area (Å²) in [5.74, 6) is 0. The van der Waals surface area contributed by atoms with Crippen molar-refractivity contribution in [2.45, 2.75) is 51.0 Å². The van der Waals surface area contributed by atoms with Crippen molar-refractivity contribution >= 4 is 22.9 Å². The lowest BCUT2D eigenvalue weighted by Gasteiger charge is -2.20. The summed E-state index contributed by atoms with van der Waals surface area (Å²) in [6.45, 7) is 0. The van der Waals surface area contributed by atoms with Crippen LogP contribution in [0.3, 0.4) is 0 Å². The monoisotopic (exact) mass is 379 g/mol. The van der Waals surface area contributed by atoms with Gasteiger partial charge in [-0.05, 0) is 48.7 Å². The molecule has 2 heterocycles. The highest BCUT2D eigenvalue weighted by Gasteiger charge is 2.19. The maximum absolute atomic E-state index is 6.08. The molecule has 1 fully saturated rings. The van der Waals surface area contributed by atoms with Crippen LogP contribution in [0.1, 0.15) is 56.2 Å². The molecule has 4 heteroatoms. The highest BCUT2D eigenvalue weighted by Crippen LogP contribution is 2.31. The van der Waals surface area contributed by atoms with Gasteiger partial charge in [-0.1, -0.05) is 55.8 Å². The first kappa shape index (κ1) is 18.1. The second-order valence-electron chi connectivity index (χ2n) is 7.38. The molecule has 0 bridgehead atoms. The number of H-pyrrole nitrogens is 1. The van der Waals surface area contributed by atoms with Crippen molar-refractivity contribution in [3.8, 4) is 0 Å². The van der Waals surface area contributed by atoms with Crippen LogP contribution in [0.15, 0.2) is 65.6 Å². The molecular weight excluding hydrogens is 354 g/mol. The van der Waals surface area contributed by atoms with E-state index in [-0.39, 0.29) is 0 Å². The van der Waals surface area contributed by atoms with Crippen molar-refractivity contribution in [1.82, 2.24) is 10.3 Å². The van der Waals surface area contributed by atoms with E-state index in [0.717, 1.165) is 33.3 Å². The highest BCUT2D eigenvalue weighted by atomic mass is 35.5. The van der Waals surface area contributed by atoms with Crippen LogP contribution < -0.4 is 5.32 Å². The van der Waals surface area contributed by atoms with Gasteiger partial charge in [-0.25, -0.2) is 4.99 Å². The minimum atomic E-state index is 0.550. The van der Waals surface area contributed by atoms with Gasteiger partial charge >= 0.3 is 0 Å². The molecule has 1 aromatic heterocycles. The van der Waals surface area contributed by atoms with Crippen molar-refractivity contribution in [3.05, 3.63) is 76.8 Å². The summed E-state index contributed by atoms with van der Waals surface area (Å²) in [5, 5.41) is 4.41. The molecule has 0 radical (unpaired) electrons. The molecule has 140 valence electrons. The Kier molecular flexibility index (Phi) is 5.78. The van der Waals surface area contributed by atoms with E-state index < -0.39 is 0 Å². The summed E-state index contributed by atoms with van der Waals surface area (Å²) < 4.78 is 0. The van der Waals surface area contributed by atoms with E-state index in [9.17, 15) is 0 Å². The number of aromatic nitrogens is 1. The van der Waals surface area contributed by atoms with Gasteiger partial charge in [0.25, 0.3) is 0 Å². The van der Waals surface area contributed by atoms with Crippen molar-refractivity contribution < 1.29 is 0 Å². The van der Waals surface area contributed by atoms with E-state index in [0.29, 0.717) is 6.04 Å². The standard InChI is InChI=1S/C23H26ClN3/c24-18-12-10-17(11-13-18)20-15-22(21-9-6-14-25-21)27-23(20)16-26-19-7-4-2-1-3-5-8-19/h6,9-16,19,25-26H,1-5,7-8H2/b23-16-. The Morgan fingerprint density at radius 2 is 1.74 bits per heavy atom. The fraction of sp³-hybridized carbons (Fsp3) is 0.348. The van der Waals surface area contributed by atoms with Gasteiger partial charge in [0.05, 0.1) is 17.1 Å². The first-order valence-electron chi connectivity index (χ1n) is 9.96. The minimum Gasteiger partial charge on any atom is -0.386 e. The van der Waals surface area contributed by atoms with Gasteiger partial charge in [0.15, 0.2) is 0 Å². The van der Waals surface area contributed by atoms with Gasteiger partial charge in [0.2, 0.25) is 0 Å². The largest absolute Gasteiger partial charge is 0.386 e. The molecule has 1 aliphatic carbocycles. The molecule has 3 nitrogen and oxygen atoms in total. The van der Waals surface area contributed by atoms with Crippen LogP contribution in [-0.4, -0.2) is 16.7 Å². The first-order chi connectivity index (χ1) is 13.3. The number of aromatic amines is 1. The average Bonchev–Trinajstić information content (AvgIpc) is 3.31. The lowest BCUT2D eigenvalue weighted by molar-refractivity contribution is 0.419. The minimum absolute atomic E-state index is 0.550. The Morgan fingerprint density at radius 3 is 2.44 bits per heavy atom. The molecule has 1 aliphatic heterocycles. The van der Waals surface area contributed by atoms with Crippen LogP contribution in [0.25, 0.3) is 5.57 Å². The number of halogens is 1. The third kappa shape index (κ3) is 4.54. The van der Waals surface area contributed by atoms with Gasteiger partial charge < -0.3 is 10.3 Å². The fourth-order valence-corrected chi connectivity index (χ4v) is 3.98. The fourth-order valence-electron chi connectivity index (χ4n) is 3.85.